The lowest BCUT2D eigenvalue weighted by atomic mass is 9.54. The normalized spacial score (nSPS) is 30.1. The first kappa shape index (κ1) is 17.3. The highest BCUT2D eigenvalue weighted by Crippen LogP contribution is 2.53. The number of nitrogens with one attached hydrogen (secondary N) is 1. The van der Waals surface area contributed by atoms with Crippen molar-refractivity contribution in [1.29, 1.82) is 0 Å². The number of hydrogen-bond donors (Lipinski definition) is 1. The minimum atomic E-state index is 0.0360. The third-order valence-corrected chi connectivity index (χ3v) is 7.74. The number of amides is 1. The first-order valence-electron chi connectivity index (χ1n) is 11.0. The van der Waals surface area contributed by atoms with Gasteiger partial charge in [-0.05, 0) is 80.0 Å². The smallest absolute Gasteiger partial charge is 0.240 e. The number of pyridine rings is 1. The Morgan fingerprint density at radius 3 is 1.90 bits per heavy atom. The zero-order valence-electron chi connectivity index (χ0n) is 16.5. The van der Waals surface area contributed by atoms with Crippen LogP contribution in [-0.4, -0.2) is 16.5 Å². The van der Waals surface area contributed by atoms with Crippen LogP contribution in [0.3, 0.4) is 0 Å². The third-order valence-electron chi connectivity index (χ3n) is 7.74. The van der Waals surface area contributed by atoms with E-state index in [1.165, 1.54) is 32.1 Å². The molecule has 1 N–H and O–H groups in total. The summed E-state index contributed by atoms with van der Waals surface area (Å²) in [5.74, 6) is 3.20. The van der Waals surface area contributed by atoms with Crippen LogP contribution < -0.4 is 10.7 Å². The molecule has 3 aromatic rings. The summed E-state index contributed by atoms with van der Waals surface area (Å²) in [7, 11) is 0. The molecule has 0 radical (unpaired) electrons. The number of rotatable bonds is 3. The SMILES string of the molecule is O=C(Cn1c2ccccc2c(=O)c2ccccc21)NC1C2CC3CC(C2)CC1C3. The zero-order chi connectivity index (χ0) is 19.5. The van der Waals surface area contributed by atoms with Crippen molar-refractivity contribution in [2.75, 3.05) is 0 Å². The number of fused-ring (bicyclic) bond motifs is 2. The fourth-order valence-corrected chi connectivity index (χ4v) is 6.78. The molecule has 4 nitrogen and oxygen atoms in total. The van der Waals surface area contributed by atoms with Gasteiger partial charge in [0.1, 0.15) is 6.54 Å². The maximum Gasteiger partial charge on any atom is 0.240 e. The summed E-state index contributed by atoms with van der Waals surface area (Å²) in [6.07, 6.45) is 6.59. The second-order valence-electron chi connectivity index (χ2n) is 9.47. The summed E-state index contributed by atoms with van der Waals surface area (Å²) in [5.41, 5.74) is 1.70. The molecule has 4 fully saturated rings. The van der Waals surface area contributed by atoms with E-state index in [0.29, 0.717) is 28.7 Å². The molecule has 148 valence electrons. The molecule has 0 aliphatic heterocycles. The van der Waals surface area contributed by atoms with Gasteiger partial charge in [-0.25, -0.2) is 0 Å². The lowest BCUT2D eigenvalue weighted by molar-refractivity contribution is -0.125. The van der Waals surface area contributed by atoms with E-state index < -0.39 is 0 Å². The number of para-hydroxylation sites is 2. The van der Waals surface area contributed by atoms with E-state index in [9.17, 15) is 9.59 Å². The number of hydrogen-bond acceptors (Lipinski definition) is 2. The van der Waals surface area contributed by atoms with Crippen molar-refractivity contribution in [2.24, 2.45) is 23.7 Å². The Hall–Kier alpha value is -2.62. The monoisotopic (exact) mass is 386 g/mol. The second kappa shape index (κ2) is 6.45. The molecule has 0 unspecified atom stereocenters. The third kappa shape index (κ3) is 2.72. The Bertz CT molecular complexity index is 1090. The Labute approximate surface area is 169 Å². The average Bonchev–Trinajstić information content (AvgIpc) is 2.73. The Balaban J connectivity index is 1.35. The van der Waals surface area contributed by atoms with Gasteiger partial charge < -0.3 is 9.88 Å². The summed E-state index contributed by atoms with van der Waals surface area (Å²) in [6, 6.07) is 15.6. The highest BCUT2D eigenvalue weighted by molar-refractivity contribution is 5.94. The van der Waals surface area contributed by atoms with Crippen molar-refractivity contribution in [2.45, 2.75) is 44.7 Å². The number of nitrogens with zero attached hydrogens (tertiary/aromatic N) is 1. The van der Waals surface area contributed by atoms with Crippen molar-refractivity contribution >= 4 is 27.7 Å². The minimum Gasteiger partial charge on any atom is -0.351 e. The molecule has 4 saturated carbocycles. The van der Waals surface area contributed by atoms with Crippen molar-refractivity contribution < 1.29 is 4.79 Å². The number of aromatic nitrogens is 1. The largest absolute Gasteiger partial charge is 0.351 e. The van der Waals surface area contributed by atoms with Gasteiger partial charge in [-0.2, -0.15) is 0 Å². The van der Waals surface area contributed by atoms with E-state index in [-0.39, 0.29) is 17.9 Å². The van der Waals surface area contributed by atoms with E-state index in [1.807, 2.05) is 53.1 Å². The molecule has 0 atom stereocenters. The fourth-order valence-electron chi connectivity index (χ4n) is 6.78. The lowest BCUT2D eigenvalue weighted by Crippen LogP contribution is -2.56. The van der Waals surface area contributed by atoms with E-state index in [0.717, 1.165) is 22.9 Å². The number of carbonyl (C=O) groups is 1. The van der Waals surface area contributed by atoms with Gasteiger partial charge >= 0.3 is 0 Å². The van der Waals surface area contributed by atoms with Gasteiger partial charge in [0, 0.05) is 16.8 Å². The van der Waals surface area contributed by atoms with E-state index in [4.69, 9.17) is 0 Å². The second-order valence-corrected chi connectivity index (χ2v) is 9.47. The first-order chi connectivity index (χ1) is 14.2. The van der Waals surface area contributed by atoms with Crippen LogP contribution in [0, 0.1) is 23.7 Å². The van der Waals surface area contributed by atoms with Gasteiger partial charge in [0.05, 0.1) is 11.0 Å². The Morgan fingerprint density at radius 2 is 1.34 bits per heavy atom. The predicted octanol–water partition coefficient (Wildman–Crippen LogP) is 4.10. The standard InChI is InChI=1S/C25H26N2O2/c28-23(26-24-17-10-15-9-16(12-17)13-18(24)11-15)14-27-21-7-3-1-5-19(21)25(29)20-6-2-4-8-22(20)27/h1-8,15-18,24H,9-14H2,(H,26,28). The maximum atomic E-state index is 13.2. The van der Waals surface area contributed by atoms with E-state index >= 15 is 0 Å². The topological polar surface area (TPSA) is 51.1 Å². The molecule has 7 rings (SSSR count). The van der Waals surface area contributed by atoms with Crippen LogP contribution in [0.25, 0.3) is 21.8 Å². The first-order valence-corrected chi connectivity index (χ1v) is 11.0. The molecule has 1 heterocycles. The predicted molar refractivity (Wildman–Crippen MR) is 115 cm³/mol. The van der Waals surface area contributed by atoms with Crippen molar-refractivity contribution in [3.63, 3.8) is 0 Å². The minimum absolute atomic E-state index is 0.0360. The summed E-state index contributed by atoms with van der Waals surface area (Å²) in [6.45, 7) is 0.254. The molecule has 1 aromatic heterocycles. The van der Waals surface area contributed by atoms with Gasteiger partial charge in [0.15, 0.2) is 5.43 Å². The van der Waals surface area contributed by atoms with Crippen LogP contribution in [0.1, 0.15) is 32.1 Å². The summed E-state index contributed by atoms with van der Waals surface area (Å²) in [4.78, 5) is 26.1. The molecule has 0 saturated heterocycles. The van der Waals surface area contributed by atoms with Gasteiger partial charge in [0.25, 0.3) is 0 Å². The molecule has 4 bridgehead atoms. The zero-order valence-corrected chi connectivity index (χ0v) is 16.5. The van der Waals surface area contributed by atoms with E-state index in [1.54, 1.807) is 0 Å². The van der Waals surface area contributed by atoms with Gasteiger partial charge in [-0.1, -0.05) is 24.3 Å². The quantitative estimate of drug-likeness (QED) is 0.689. The molecule has 2 aromatic carbocycles. The molecular formula is C25H26N2O2. The van der Waals surface area contributed by atoms with Gasteiger partial charge in [0.2, 0.25) is 5.91 Å². The molecule has 1 amide bonds. The summed E-state index contributed by atoms with van der Waals surface area (Å²) in [5, 5.41) is 4.77. The van der Waals surface area contributed by atoms with Gasteiger partial charge in [-0.3, -0.25) is 9.59 Å². The number of carbonyl (C=O) groups excluding carboxylic acids is 1. The lowest BCUT2D eigenvalue weighted by Gasteiger charge is -2.54. The molecule has 4 aliphatic rings. The van der Waals surface area contributed by atoms with Crippen LogP contribution in [0.2, 0.25) is 0 Å². The maximum absolute atomic E-state index is 13.2. The van der Waals surface area contributed by atoms with Gasteiger partial charge in [-0.15, -0.1) is 0 Å². The van der Waals surface area contributed by atoms with Crippen LogP contribution in [0.15, 0.2) is 53.3 Å². The molecule has 4 heteroatoms. The van der Waals surface area contributed by atoms with Crippen LogP contribution in [-0.2, 0) is 11.3 Å². The summed E-state index contributed by atoms with van der Waals surface area (Å²) >= 11 is 0. The van der Waals surface area contributed by atoms with Crippen LogP contribution >= 0.6 is 0 Å². The van der Waals surface area contributed by atoms with E-state index in [2.05, 4.69) is 5.32 Å². The molecule has 0 spiro atoms. The van der Waals surface area contributed by atoms with Crippen LogP contribution in [0.4, 0.5) is 0 Å². The molecule has 29 heavy (non-hydrogen) atoms. The molecular weight excluding hydrogens is 360 g/mol. The van der Waals surface area contributed by atoms with Crippen molar-refractivity contribution in [3.05, 3.63) is 58.8 Å². The van der Waals surface area contributed by atoms with Crippen molar-refractivity contribution in [3.8, 4) is 0 Å². The fraction of sp³-hybridized carbons (Fsp3) is 0.440. The Morgan fingerprint density at radius 1 is 0.828 bits per heavy atom. The van der Waals surface area contributed by atoms with Crippen LogP contribution in [0.5, 0.6) is 0 Å². The molecule has 4 aliphatic carbocycles. The summed E-state index contributed by atoms with van der Waals surface area (Å²) < 4.78 is 2.01. The highest BCUT2D eigenvalue weighted by Gasteiger charge is 2.48. The number of benzene rings is 2. The average molecular weight is 386 g/mol. The Kier molecular flexibility index (Phi) is 3.84. The highest BCUT2D eigenvalue weighted by atomic mass is 16.2. The van der Waals surface area contributed by atoms with Crippen molar-refractivity contribution in [1.82, 2.24) is 9.88 Å².